The van der Waals surface area contributed by atoms with Gasteiger partial charge in [-0.3, -0.25) is 9.59 Å². The van der Waals surface area contributed by atoms with E-state index < -0.39 is 0 Å². The van der Waals surface area contributed by atoms with E-state index in [1.54, 1.807) is 12.1 Å². The Morgan fingerprint density at radius 3 is 2.48 bits per heavy atom. The number of furan rings is 1. The zero-order valence-corrected chi connectivity index (χ0v) is 18.0. The zero-order valence-electron chi connectivity index (χ0n) is 16.4. The average Bonchev–Trinajstić information content (AvgIpc) is 3.46. The van der Waals surface area contributed by atoms with Crippen LogP contribution in [0.1, 0.15) is 41.8 Å². The number of carbonyl (C=O) groups is 2. The molecule has 6 nitrogen and oxygen atoms in total. The SMILES string of the molecule is O=C(Nc1ccc(CC(=O)N2CCCC2CN2CCCC2)cc1)c1ccc(Br)o1. The monoisotopic (exact) mass is 459 g/mol. The topological polar surface area (TPSA) is 65.8 Å². The molecule has 1 aromatic carbocycles. The van der Waals surface area contributed by atoms with Gasteiger partial charge >= 0.3 is 0 Å². The summed E-state index contributed by atoms with van der Waals surface area (Å²) in [6.45, 7) is 4.21. The summed E-state index contributed by atoms with van der Waals surface area (Å²) in [6.07, 6.45) is 5.16. The van der Waals surface area contributed by atoms with Gasteiger partial charge in [-0.25, -0.2) is 0 Å². The van der Waals surface area contributed by atoms with Crippen LogP contribution >= 0.6 is 15.9 Å². The van der Waals surface area contributed by atoms with E-state index in [1.165, 1.54) is 25.9 Å². The molecule has 2 aromatic rings. The van der Waals surface area contributed by atoms with E-state index in [4.69, 9.17) is 4.42 Å². The number of hydrogen-bond donors (Lipinski definition) is 1. The van der Waals surface area contributed by atoms with E-state index >= 15 is 0 Å². The first-order valence-corrected chi connectivity index (χ1v) is 11.1. The predicted octanol–water partition coefficient (Wildman–Crippen LogP) is 3.92. The molecule has 29 heavy (non-hydrogen) atoms. The number of nitrogens with one attached hydrogen (secondary N) is 1. The lowest BCUT2D eigenvalue weighted by Crippen LogP contribution is -2.43. The summed E-state index contributed by atoms with van der Waals surface area (Å²) in [6, 6.07) is 11.1. The molecule has 7 heteroatoms. The quantitative estimate of drug-likeness (QED) is 0.710. The largest absolute Gasteiger partial charge is 0.444 e. The van der Waals surface area contributed by atoms with Crippen LogP contribution in [0.2, 0.25) is 0 Å². The molecule has 1 N–H and O–H groups in total. The number of nitrogens with zero attached hydrogens (tertiary/aromatic N) is 2. The molecule has 2 saturated heterocycles. The molecule has 0 radical (unpaired) electrons. The summed E-state index contributed by atoms with van der Waals surface area (Å²) in [5, 5.41) is 2.80. The van der Waals surface area contributed by atoms with Crippen LogP contribution in [0.25, 0.3) is 0 Å². The van der Waals surface area contributed by atoms with Crippen molar-refractivity contribution in [2.24, 2.45) is 0 Å². The minimum Gasteiger partial charge on any atom is -0.444 e. The second-order valence-corrected chi connectivity index (χ2v) is 8.60. The van der Waals surface area contributed by atoms with Crippen LogP contribution in [0.15, 0.2) is 45.5 Å². The molecule has 1 aromatic heterocycles. The van der Waals surface area contributed by atoms with Crippen LogP contribution in [-0.4, -0.2) is 53.8 Å². The van der Waals surface area contributed by atoms with Crippen molar-refractivity contribution in [2.45, 2.75) is 38.1 Å². The molecule has 0 bridgehead atoms. The third-order valence-electron chi connectivity index (χ3n) is 5.73. The number of benzene rings is 1. The Bertz CT molecular complexity index is 858. The van der Waals surface area contributed by atoms with Crippen molar-refractivity contribution in [1.82, 2.24) is 9.80 Å². The second kappa shape index (κ2) is 9.13. The molecule has 3 heterocycles. The third kappa shape index (κ3) is 5.08. The molecule has 2 aliphatic heterocycles. The van der Waals surface area contributed by atoms with Crippen molar-refractivity contribution < 1.29 is 14.0 Å². The lowest BCUT2D eigenvalue weighted by molar-refractivity contribution is -0.131. The van der Waals surface area contributed by atoms with Crippen LogP contribution in [0.5, 0.6) is 0 Å². The van der Waals surface area contributed by atoms with Gasteiger partial charge in [-0.2, -0.15) is 0 Å². The number of anilines is 1. The van der Waals surface area contributed by atoms with E-state index in [-0.39, 0.29) is 17.6 Å². The second-order valence-electron chi connectivity index (χ2n) is 7.82. The van der Waals surface area contributed by atoms with Crippen molar-refractivity contribution in [2.75, 3.05) is 31.5 Å². The highest BCUT2D eigenvalue weighted by Gasteiger charge is 2.30. The van der Waals surface area contributed by atoms with Gasteiger partial charge in [0.1, 0.15) is 0 Å². The van der Waals surface area contributed by atoms with Gasteiger partial charge in [-0.15, -0.1) is 0 Å². The zero-order chi connectivity index (χ0) is 20.2. The highest BCUT2D eigenvalue weighted by Crippen LogP contribution is 2.22. The summed E-state index contributed by atoms with van der Waals surface area (Å²) in [7, 11) is 0. The van der Waals surface area contributed by atoms with E-state index in [0.29, 0.717) is 22.8 Å². The number of rotatable bonds is 6. The lowest BCUT2D eigenvalue weighted by atomic mass is 10.1. The highest BCUT2D eigenvalue weighted by atomic mass is 79.9. The summed E-state index contributed by atoms with van der Waals surface area (Å²) in [4.78, 5) is 29.6. The molecule has 2 aliphatic rings. The van der Waals surface area contributed by atoms with Crippen molar-refractivity contribution in [3.05, 3.63) is 52.4 Å². The van der Waals surface area contributed by atoms with Crippen molar-refractivity contribution >= 4 is 33.4 Å². The molecular weight excluding hydrogens is 434 g/mol. The summed E-state index contributed by atoms with van der Waals surface area (Å²) in [5.74, 6) is 0.138. The van der Waals surface area contributed by atoms with Crippen molar-refractivity contribution in [3.63, 3.8) is 0 Å². The first-order valence-electron chi connectivity index (χ1n) is 10.3. The molecule has 0 saturated carbocycles. The molecule has 1 atom stereocenters. The molecular formula is C22H26BrN3O3. The van der Waals surface area contributed by atoms with Crippen LogP contribution in [0.3, 0.4) is 0 Å². The summed E-state index contributed by atoms with van der Waals surface area (Å²) < 4.78 is 5.77. The fraction of sp³-hybridized carbons (Fsp3) is 0.455. The predicted molar refractivity (Wildman–Crippen MR) is 115 cm³/mol. The van der Waals surface area contributed by atoms with Crippen LogP contribution in [-0.2, 0) is 11.2 Å². The van der Waals surface area contributed by atoms with Gasteiger partial charge in [-0.05, 0) is 84.5 Å². The van der Waals surface area contributed by atoms with Gasteiger partial charge in [-0.1, -0.05) is 12.1 Å². The van der Waals surface area contributed by atoms with E-state index in [1.807, 2.05) is 24.3 Å². The maximum Gasteiger partial charge on any atom is 0.291 e. The number of carbonyl (C=O) groups excluding carboxylic acids is 2. The Balaban J connectivity index is 1.31. The molecule has 154 valence electrons. The van der Waals surface area contributed by atoms with Gasteiger partial charge in [0.15, 0.2) is 10.4 Å². The number of amides is 2. The van der Waals surface area contributed by atoms with Crippen LogP contribution in [0, 0.1) is 0 Å². The molecule has 4 rings (SSSR count). The van der Waals surface area contributed by atoms with Gasteiger partial charge in [0.2, 0.25) is 5.91 Å². The first-order chi connectivity index (χ1) is 14.1. The smallest absolute Gasteiger partial charge is 0.291 e. The molecule has 1 unspecified atom stereocenters. The normalized spacial score (nSPS) is 19.6. The van der Waals surface area contributed by atoms with E-state index in [2.05, 4.69) is 31.0 Å². The Kier molecular flexibility index (Phi) is 6.35. The van der Waals surface area contributed by atoms with Crippen molar-refractivity contribution in [3.8, 4) is 0 Å². The van der Waals surface area contributed by atoms with E-state index in [0.717, 1.165) is 31.5 Å². The molecule has 0 aliphatic carbocycles. The van der Waals surface area contributed by atoms with Gasteiger partial charge in [0, 0.05) is 24.8 Å². The van der Waals surface area contributed by atoms with Crippen molar-refractivity contribution in [1.29, 1.82) is 0 Å². The molecule has 2 fully saturated rings. The number of likely N-dealkylation sites (tertiary alicyclic amines) is 2. The fourth-order valence-corrected chi connectivity index (χ4v) is 4.53. The Morgan fingerprint density at radius 2 is 1.79 bits per heavy atom. The standard InChI is InChI=1S/C22H26BrN3O3/c23-20-10-9-19(29-20)22(28)24-17-7-5-16(6-8-17)14-21(27)26-13-3-4-18(26)15-25-11-1-2-12-25/h5-10,18H,1-4,11-15H2,(H,24,28). The number of hydrogen-bond acceptors (Lipinski definition) is 4. The molecule has 2 amide bonds. The Morgan fingerprint density at radius 1 is 1.03 bits per heavy atom. The Labute approximate surface area is 179 Å². The Hall–Kier alpha value is -2.12. The van der Waals surface area contributed by atoms with Gasteiger partial charge < -0.3 is 19.5 Å². The first kappa shape index (κ1) is 20.2. The number of halogens is 1. The molecule has 0 spiro atoms. The van der Waals surface area contributed by atoms with Gasteiger partial charge in [0.25, 0.3) is 5.91 Å². The summed E-state index contributed by atoms with van der Waals surface area (Å²) >= 11 is 3.19. The lowest BCUT2D eigenvalue weighted by Gasteiger charge is -2.28. The minimum absolute atomic E-state index is 0.198. The maximum absolute atomic E-state index is 12.9. The van der Waals surface area contributed by atoms with Gasteiger partial charge in [0.05, 0.1) is 6.42 Å². The highest BCUT2D eigenvalue weighted by molar-refractivity contribution is 9.10. The summed E-state index contributed by atoms with van der Waals surface area (Å²) in [5.41, 5.74) is 1.63. The maximum atomic E-state index is 12.9. The van der Waals surface area contributed by atoms with Crippen LogP contribution < -0.4 is 5.32 Å². The fourth-order valence-electron chi connectivity index (χ4n) is 4.23. The van der Waals surface area contributed by atoms with E-state index in [9.17, 15) is 9.59 Å². The average molecular weight is 460 g/mol. The third-order valence-corrected chi connectivity index (χ3v) is 6.16. The minimum atomic E-state index is -0.304. The van der Waals surface area contributed by atoms with Crippen LogP contribution in [0.4, 0.5) is 5.69 Å².